The monoisotopic (exact) mass is 260 g/mol. The quantitative estimate of drug-likeness (QED) is 0.900. The Hall–Kier alpha value is -1.35. The molecular formula is C16H24N2O. The Morgan fingerprint density at radius 1 is 1.32 bits per heavy atom. The van der Waals surface area contributed by atoms with Gasteiger partial charge in [0.25, 0.3) is 0 Å². The van der Waals surface area contributed by atoms with Crippen molar-refractivity contribution in [3.63, 3.8) is 0 Å². The molecule has 1 aliphatic heterocycles. The number of hydrogen-bond donors (Lipinski definition) is 1. The summed E-state index contributed by atoms with van der Waals surface area (Å²) in [7, 11) is 1.91. The van der Waals surface area contributed by atoms with E-state index in [1.165, 1.54) is 12.0 Å². The van der Waals surface area contributed by atoms with Gasteiger partial charge >= 0.3 is 0 Å². The van der Waals surface area contributed by atoms with E-state index in [0.29, 0.717) is 6.04 Å². The van der Waals surface area contributed by atoms with Crippen LogP contribution in [0.5, 0.6) is 0 Å². The molecule has 3 heteroatoms. The van der Waals surface area contributed by atoms with E-state index in [1.807, 2.05) is 30.1 Å². The molecule has 1 aliphatic rings. The molecule has 0 aromatic heterocycles. The van der Waals surface area contributed by atoms with E-state index in [0.717, 1.165) is 25.8 Å². The molecule has 0 saturated carbocycles. The van der Waals surface area contributed by atoms with E-state index in [1.54, 1.807) is 0 Å². The second-order valence-electron chi connectivity index (χ2n) is 5.55. The van der Waals surface area contributed by atoms with E-state index in [-0.39, 0.29) is 11.9 Å². The first-order chi connectivity index (χ1) is 9.16. The van der Waals surface area contributed by atoms with Crippen LogP contribution in [0.15, 0.2) is 30.3 Å². The summed E-state index contributed by atoms with van der Waals surface area (Å²) in [6, 6.07) is 10.8. The molecule has 0 bridgehead atoms. The maximum absolute atomic E-state index is 12.3. The van der Waals surface area contributed by atoms with Gasteiger partial charge in [-0.2, -0.15) is 0 Å². The van der Waals surface area contributed by atoms with Crippen LogP contribution in [0, 0.1) is 0 Å². The number of amides is 1. The van der Waals surface area contributed by atoms with Crippen LogP contribution in [0.3, 0.4) is 0 Å². The molecule has 1 saturated heterocycles. The maximum Gasteiger partial charge on any atom is 0.239 e. The summed E-state index contributed by atoms with van der Waals surface area (Å²) in [6.45, 7) is 2.94. The zero-order chi connectivity index (χ0) is 13.7. The highest BCUT2D eigenvalue weighted by Crippen LogP contribution is 2.14. The van der Waals surface area contributed by atoms with Crippen molar-refractivity contribution in [2.45, 2.75) is 44.7 Å². The summed E-state index contributed by atoms with van der Waals surface area (Å²) in [5.41, 5.74) is 1.28. The third-order valence-electron chi connectivity index (χ3n) is 3.87. The molecule has 1 aromatic rings. The fourth-order valence-electron chi connectivity index (χ4n) is 2.65. The highest BCUT2D eigenvalue weighted by Gasteiger charge is 2.26. The molecule has 1 fully saturated rings. The molecule has 1 heterocycles. The second kappa shape index (κ2) is 6.71. The fourth-order valence-corrected chi connectivity index (χ4v) is 2.65. The number of hydrogen-bond acceptors (Lipinski definition) is 2. The number of nitrogens with zero attached hydrogens (tertiary/aromatic N) is 1. The van der Waals surface area contributed by atoms with Gasteiger partial charge in [-0.3, -0.25) is 4.79 Å². The van der Waals surface area contributed by atoms with Crippen LogP contribution in [-0.2, 0) is 11.2 Å². The van der Waals surface area contributed by atoms with Crippen molar-refractivity contribution in [2.24, 2.45) is 0 Å². The summed E-state index contributed by atoms with van der Waals surface area (Å²) < 4.78 is 0. The minimum absolute atomic E-state index is 0.0181. The number of benzene rings is 1. The van der Waals surface area contributed by atoms with E-state index >= 15 is 0 Å². The smallest absolute Gasteiger partial charge is 0.239 e. The minimum Gasteiger partial charge on any atom is -0.344 e. The summed E-state index contributed by atoms with van der Waals surface area (Å²) >= 11 is 0. The topological polar surface area (TPSA) is 32.3 Å². The van der Waals surface area contributed by atoms with E-state index in [2.05, 4.69) is 24.4 Å². The van der Waals surface area contributed by atoms with Crippen molar-refractivity contribution in [2.75, 3.05) is 13.6 Å². The van der Waals surface area contributed by atoms with Gasteiger partial charge in [0.1, 0.15) is 0 Å². The van der Waals surface area contributed by atoms with Gasteiger partial charge in [-0.1, -0.05) is 30.3 Å². The van der Waals surface area contributed by atoms with E-state index in [9.17, 15) is 4.79 Å². The van der Waals surface area contributed by atoms with Crippen molar-refractivity contribution in [1.82, 2.24) is 10.2 Å². The average molecular weight is 260 g/mol. The van der Waals surface area contributed by atoms with Crippen molar-refractivity contribution in [3.8, 4) is 0 Å². The Morgan fingerprint density at radius 2 is 2.05 bits per heavy atom. The molecule has 19 heavy (non-hydrogen) atoms. The maximum atomic E-state index is 12.3. The van der Waals surface area contributed by atoms with Crippen LogP contribution >= 0.6 is 0 Å². The van der Waals surface area contributed by atoms with Crippen molar-refractivity contribution >= 4 is 5.91 Å². The molecule has 0 spiro atoms. The average Bonchev–Trinajstić information content (AvgIpc) is 2.45. The second-order valence-corrected chi connectivity index (χ2v) is 5.55. The van der Waals surface area contributed by atoms with Gasteiger partial charge in [-0.25, -0.2) is 0 Å². The van der Waals surface area contributed by atoms with E-state index < -0.39 is 0 Å². The SMILES string of the molecule is CC1CCCC(C(=O)N(C)CCc2ccccc2)N1. The molecule has 0 aliphatic carbocycles. The van der Waals surface area contributed by atoms with Gasteiger partial charge in [0.15, 0.2) is 0 Å². The number of rotatable bonds is 4. The normalized spacial score (nSPS) is 23.1. The van der Waals surface area contributed by atoms with Crippen LogP contribution in [0.25, 0.3) is 0 Å². The Bertz CT molecular complexity index is 404. The fraction of sp³-hybridized carbons (Fsp3) is 0.562. The van der Waals surface area contributed by atoms with Crippen LogP contribution in [-0.4, -0.2) is 36.5 Å². The standard InChI is InChI=1S/C16H24N2O/c1-13-7-6-10-15(17-13)16(19)18(2)12-11-14-8-4-3-5-9-14/h3-5,8-9,13,15,17H,6-7,10-12H2,1-2H3. The molecule has 2 unspecified atom stereocenters. The van der Waals surface area contributed by atoms with Gasteiger partial charge in [-0.15, -0.1) is 0 Å². The highest BCUT2D eigenvalue weighted by molar-refractivity contribution is 5.81. The Kier molecular flexibility index (Phi) is 4.97. The van der Waals surface area contributed by atoms with Crippen LogP contribution in [0.1, 0.15) is 31.7 Å². The first kappa shape index (κ1) is 14.1. The number of carbonyl (C=O) groups is 1. The van der Waals surface area contributed by atoms with Gasteiger partial charge in [0, 0.05) is 19.6 Å². The number of piperidine rings is 1. The van der Waals surface area contributed by atoms with Gasteiger partial charge < -0.3 is 10.2 Å². The summed E-state index contributed by atoms with van der Waals surface area (Å²) in [4.78, 5) is 14.2. The minimum atomic E-state index is 0.0181. The molecular weight excluding hydrogens is 236 g/mol. The number of likely N-dealkylation sites (N-methyl/N-ethyl adjacent to an activating group) is 1. The molecule has 2 rings (SSSR count). The molecule has 1 N–H and O–H groups in total. The van der Waals surface area contributed by atoms with Crippen LogP contribution in [0.4, 0.5) is 0 Å². The van der Waals surface area contributed by atoms with E-state index in [4.69, 9.17) is 0 Å². The zero-order valence-corrected chi connectivity index (χ0v) is 11.9. The van der Waals surface area contributed by atoms with Crippen LogP contribution in [0.2, 0.25) is 0 Å². The lowest BCUT2D eigenvalue weighted by molar-refractivity contribution is -0.133. The van der Waals surface area contributed by atoms with Gasteiger partial charge in [0.2, 0.25) is 5.91 Å². The Labute approximate surface area is 116 Å². The predicted octanol–water partition coefficient (Wildman–Crippen LogP) is 2.22. The van der Waals surface area contributed by atoms with Crippen molar-refractivity contribution in [1.29, 1.82) is 0 Å². The lowest BCUT2D eigenvalue weighted by Gasteiger charge is -2.31. The van der Waals surface area contributed by atoms with Crippen molar-refractivity contribution < 1.29 is 4.79 Å². The molecule has 2 atom stereocenters. The molecule has 1 amide bonds. The summed E-state index contributed by atoms with van der Waals surface area (Å²) in [6.07, 6.45) is 4.22. The zero-order valence-electron chi connectivity index (χ0n) is 11.9. The first-order valence-electron chi connectivity index (χ1n) is 7.22. The third kappa shape index (κ3) is 4.06. The lowest BCUT2D eigenvalue weighted by atomic mass is 9.98. The van der Waals surface area contributed by atoms with Gasteiger partial charge in [0.05, 0.1) is 6.04 Å². The largest absolute Gasteiger partial charge is 0.344 e. The summed E-state index contributed by atoms with van der Waals surface area (Å²) in [5.74, 6) is 0.238. The first-order valence-corrected chi connectivity index (χ1v) is 7.22. The molecule has 104 valence electrons. The van der Waals surface area contributed by atoms with Crippen molar-refractivity contribution in [3.05, 3.63) is 35.9 Å². The molecule has 3 nitrogen and oxygen atoms in total. The third-order valence-corrected chi connectivity index (χ3v) is 3.87. The lowest BCUT2D eigenvalue weighted by Crippen LogP contribution is -2.50. The highest BCUT2D eigenvalue weighted by atomic mass is 16.2. The van der Waals surface area contributed by atoms with Gasteiger partial charge in [-0.05, 0) is 38.2 Å². The Morgan fingerprint density at radius 3 is 2.74 bits per heavy atom. The Balaban J connectivity index is 1.82. The van der Waals surface area contributed by atoms with Crippen LogP contribution < -0.4 is 5.32 Å². The molecule has 1 aromatic carbocycles. The summed E-state index contributed by atoms with van der Waals surface area (Å²) in [5, 5.41) is 3.40. The number of nitrogens with one attached hydrogen (secondary N) is 1. The number of carbonyl (C=O) groups excluding carboxylic acids is 1. The molecule has 0 radical (unpaired) electrons. The predicted molar refractivity (Wildman–Crippen MR) is 78.0 cm³/mol.